The number of aromatic nitrogens is 3. The predicted molar refractivity (Wildman–Crippen MR) is 123 cm³/mol. The number of methoxy groups -OCH3 is 1. The lowest BCUT2D eigenvalue weighted by molar-refractivity contribution is -0.127. The lowest BCUT2D eigenvalue weighted by atomic mass is 10.2. The third kappa shape index (κ3) is 5.43. The van der Waals surface area contributed by atoms with E-state index in [-0.39, 0.29) is 24.0 Å². The number of ether oxygens (including phenoxy) is 1. The molecule has 0 atom stereocenters. The summed E-state index contributed by atoms with van der Waals surface area (Å²) in [6, 6.07) is 17.7. The molecule has 0 aliphatic carbocycles. The van der Waals surface area contributed by atoms with Gasteiger partial charge in [0.25, 0.3) is 0 Å². The van der Waals surface area contributed by atoms with Crippen molar-refractivity contribution >= 4 is 17.7 Å². The van der Waals surface area contributed by atoms with Crippen LogP contribution >= 0.6 is 11.8 Å². The van der Waals surface area contributed by atoms with E-state index >= 15 is 0 Å². The summed E-state index contributed by atoms with van der Waals surface area (Å²) in [7, 11) is 3.27. The highest BCUT2D eigenvalue weighted by Crippen LogP contribution is 2.28. The minimum atomic E-state index is -0.328. The van der Waals surface area contributed by atoms with E-state index < -0.39 is 0 Å². The molecule has 0 radical (unpaired) electrons. The number of nitrogens with zero attached hydrogens (tertiary/aromatic N) is 4. The van der Waals surface area contributed by atoms with Crippen LogP contribution in [-0.4, -0.2) is 45.5 Å². The monoisotopic (exact) mass is 466 g/mol. The van der Waals surface area contributed by atoms with Gasteiger partial charge in [-0.3, -0.25) is 9.36 Å². The molecule has 9 heteroatoms. The molecule has 7 nitrogen and oxygen atoms in total. The Morgan fingerprint density at radius 2 is 2.00 bits per heavy atom. The second-order valence-corrected chi connectivity index (χ2v) is 8.28. The predicted octanol–water partition coefficient (Wildman–Crippen LogP) is 4.48. The third-order valence-electron chi connectivity index (χ3n) is 5.05. The molecule has 0 fully saturated rings. The van der Waals surface area contributed by atoms with Crippen LogP contribution in [0.1, 0.15) is 11.3 Å². The zero-order valence-electron chi connectivity index (χ0n) is 18.3. The largest absolute Gasteiger partial charge is 0.497 e. The van der Waals surface area contributed by atoms with Crippen LogP contribution < -0.4 is 4.74 Å². The molecule has 0 bridgehead atoms. The van der Waals surface area contributed by atoms with Crippen molar-refractivity contribution in [2.75, 3.05) is 19.9 Å². The third-order valence-corrected chi connectivity index (χ3v) is 6.01. The highest BCUT2D eigenvalue weighted by atomic mass is 32.2. The van der Waals surface area contributed by atoms with E-state index in [0.717, 1.165) is 11.3 Å². The summed E-state index contributed by atoms with van der Waals surface area (Å²) in [5, 5.41) is 9.27. The molecule has 1 amide bonds. The zero-order valence-corrected chi connectivity index (χ0v) is 19.1. The average Bonchev–Trinajstić information content (AvgIpc) is 3.49. The standard InChI is InChI=1S/C24H23FN4O3S/c1-28(14-18-7-3-4-11-21(18)25)22(30)16-33-24-27-26-23(17-8-5-9-19(13-17)31-2)29(24)15-20-10-6-12-32-20/h3-13H,14-16H2,1-2H3. The number of carbonyl (C=O) groups is 1. The first-order valence-corrected chi connectivity index (χ1v) is 11.2. The lowest BCUT2D eigenvalue weighted by Crippen LogP contribution is -2.28. The molecule has 0 N–H and O–H groups in total. The molecule has 0 aliphatic rings. The van der Waals surface area contributed by atoms with Crippen LogP contribution in [0.15, 0.2) is 76.5 Å². The summed E-state index contributed by atoms with van der Waals surface area (Å²) >= 11 is 1.28. The number of hydrogen-bond acceptors (Lipinski definition) is 6. The Morgan fingerprint density at radius 1 is 1.15 bits per heavy atom. The zero-order chi connectivity index (χ0) is 23.2. The molecule has 2 aromatic heterocycles. The van der Waals surface area contributed by atoms with Gasteiger partial charge in [-0.25, -0.2) is 4.39 Å². The van der Waals surface area contributed by atoms with E-state index in [1.54, 1.807) is 38.6 Å². The van der Waals surface area contributed by atoms with Gasteiger partial charge in [-0.2, -0.15) is 0 Å². The Morgan fingerprint density at radius 3 is 2.76 bits per heavy atom. The molecule has 0 unspecified atom stereocenters. The van der Waals surface area contributed by atoms with E-state index in [1.165, 1.54) is 22.7 Å². The maximum Gasteiger partial charge on any atom is 0.233 e. The second kappa shape index (κ2) is 10.4. The first kappa shape index (κ1) is 22.6. The van der Waals surface area contributed by atoms with Crippen LogP contribution in [0.3, 0.4) is 0 Å². The van der Waals surface area contributed by atoms with E-state index in [4.69, 9.17) is 9.15 Å². The maximum absolute atomic E-state index is 13.9. The fraction of sp³-hybridized carbons (Fsp3) is 0.208. The molecule has 0 spiro atoms. The van der Waals surface area contributed by atoms with Crippen molar-refractivity contribution in [1.82, 2.24) is 19.7 Å². The molecule has 0 aliphatic heterocycles. The minimum Gasteiger partial charge on any atom is -0.497 e. The quantitative estimate of drug-likeness (QED) is 0.339. The van der Waals surface area contributed by atoms with Gasteiger partial charge in [0.05, 0.1) is 25.7 Å². The number of rotatable bonds is 9. The van der Waals surface area contributed by atoms with Gasteiger partial charge in [-0.1, -0.05) is 42.1 Å². The number of furan rings is 1. The van der Waals surface area contributed by atoms with Crippen LogP contribution in [0.25, 0.3) is 11.4 Å². The highest BCUT2D eigenvalue weighted by Gasteiger charge is 2.19. The van der Waals surface area contributed by atoms with Crippen molar-refractivity contribution in [3.05, 3.63) is 84.1 Å². The van der Waals surface area contributed by atoms with E-state index in [1.807, 2.05) is 41.0 Å². The van der Waals surface area contributed by atoms with Gasteiger partial charge >= 0.3 is 0 Å². The van der Waals surface area contributed by atoms with Gasteiger partial charge < -0.3 is 14.1 Å². The molecule has 0 saturated heterocycles. The van der Waals surface area contributed by atoms with Crippen molar-refractivity contribution in [2.45, 2.75) is 18.2 Å². The molecule has 4 rings (SSSR count). The van der Waals surface area contributed by atoms with Crippen LogP contribution in [0.2, 0.25) is 0 Å². The first-order valence-electron chi connectivity index (χ1n) is 10.3. The van der Waals surface area contributed by atoms with Gasteiger partial charge in [0.2, 0.25) is 5.91 Å². The number of hydrogen-bond donors (Lipinski definition) is 0. The van der Waals surface area contributed by atoms with Crippen LogP contribution in [-0.2, 0) is 17.9 Å². The number of carbonyl (C=O) groups excluding carboxylic acids is 1. The summed E-state index contributed by atoms with van der Waals surface area (Å²) in [5.41, 5.74) is 1.31. The molecule has 0 saturated carbocycles. The minimum absolute atomic E-state index is 0.138. The van der Waals surface area contributed by atoms with Gasteiger partial charge in [0, 0.05) is 24.7 Å². The van der Waals surface area contributed by atoms with Crippen molar-refractivity contribution < 1.29 is 18.3 Å². The Balaban J connectivity index is 1.52. The van der Waals surface area contributed by atoms with Gasteiger partial charge in [-0.15, -0.1) is 10.2 Å². The first-order chi connectivity index (χ1) is 16.0. The van der Waals surface area contributed by atoms with Gasteiger partial charge in [-0.05, 0) is 30.3 Å². The van der Waals surface area contributed by atoms with E-state index in [0.29, 0.717) is 28.8 Å². The second-order valence-electron chi connectivity index (χ2n) is 7.33. The fourth-order valence-electron chi connectivity index (χ4n) is 3.28. The van der Waals surface area contributed by atoms with Crippen LogP contribution in [0.4, 0.5) is 4.39 Å². The van der Waals surface area contributed by atoms with Crippen molar-refractivity contribution in [1.29, 1.82) is 0 Å². The van der Waals surface area contributed by atoms with Crippen LogP contribution in [0.5, 0.6) is 5.75 Å². The average molecular weight is 467 g/mol. The Kier molecular flexibility index (Phi) is 7.09. The molecular formula is C24H23FN4O3S. The summed E-state index contributed by atoms with van der Waals surface area (Å²) in [5.74, 6) is 1.76. The molecule has 33 heavy (non-hydrogen) atoms. The van der Waals surface area contributed by atoms with Crippen molar-refractivity contribution in [3.8, 4) is 17.1 Å². The maximum atomic E-state index is 13.9. The topological polar surface area (TPSA) is 73.4 Å². The Hall–Kier alpha value is -3.59. The molecular weight excluding hydrogens is 443 g/mol. The van der Waals surface area contributed by atoms with Crippen molar-refractivity contribution in [3.63, 3.8) is 0 Å². The number of benzene rings is 2. The number of thioether (sulfide) groups is 1. The molecule has 2 aromatic carbocycles. The normalized spacial score (nSPS) is 10.9. The number of halogens is 1. The van der Waals surface area contributed by atoms with Gasteiger partial charge in [0.1, 0.15) is 17.3 Å². The molecule has 4 aromatic rings. The fourth-order valence-corrected chi connectivity index (χ4v) is 4.16. The summed E-state index contributed by atoms with van der Waals surface area (Å²) < 4.78 is 26.7. The summed E-state index contributed by atoms with van der Waals surface area (Å²) in [6.45, 7) is 0.606. The number of amides is 1. The molecule has 170 valence electrons. The Bertz CT molecular complexity index is 1230. The van der Waals surface area contributed by atoms with Gasteiger partial charge in [0.15, 0.2) is 11.0 Å². The summed E-state index contributed by atoms with van der Waals surface area (Å²) in [6.07, 6.45) is 1.61. The summed E-state index contributed by atoms with van der Waals surface area (Å²) in [4.78, 5) is 14.2. The SMILES string of the molecule is COc1cccc(-c2nnc(SCC(=O)N(C)Cc3ccccc3F)n2Cc2ccco2)c1. The van der Waals surface area contributed by atoms with E-state index in [9.17, 15) is 9.18 Å². The highest BCUT2D eigenvalue weighted by molar-refractivity contribution is 7.99. The smallest absolute Gasteiger partial charge is 0.233 e. The van der Waals surface area contributed by atoms with E-state index in [2.05, 4.69) is 10.2 Å². The molecule has 2 heterocycles. The lowest BCUT2D eigenvalue weighted by Gasteiger charge is -2.17. The van der Waals surface area contributed by atoms with Crippen LogP contribution in [0, 0.1) is 5.82 Å². The van der Waals surface area contributed by atoms with Crippen molar-refractivity contribution in [2.24, 2.45) is 0 Å². The Labute approximate surface area is 195 Å².